The van der Waals surface area contributed by atoms with Crippen molar-refractivity contribution in [3.8, 4) is 9.75 Å². The predicted molar refractivity (Wildman–Crippen MR) is 215 cm³/mol. The fourth-order valence-electron chi connectivity index (χ4n) is 6.54. The average molecular weight is 721 g/mol. The molecular weight excluding hydrogens is 665 g/mol. The Labute approximate surface area is 300 Å². The Morgan fingerprint density at radius 1 is 0.600 bits per heavy atom. The van der Waals surface area contributed by atoms with Crippen molar-refractivity contribution in [3.05, 3.63) is 45.7 Å². The molecule has 0 aromatic carbocycles. The minimum absolute atomic E-state index is 0.0738. The number of thiophene rings is 2. The average Bonchev–Trinajstić information content (AvgIpc) is 3.80. The predicted octanol–water partition coefficient (Wildman–Crippen LogP) is 15.4. The van der Waals surface area contributed by atoms with Gasteiger partial charge in [0, 0.05) is 20.0 Å². The van der Waals surface area contributed by atoms with E-state index in [0.717, 1.165) is 11.2 Å². The number of aldehydes is 1. The van der Waals surface area contributed by atoms with E-state index in [2.05, 4.69) is 69.4 Å². The van der Waals surface area contributed by atoms with E-state index in [1.54, 1.807) is 25.4 Å². The second-order valence-electron chi connectivity index (χ2n) is 12.7. The van der Waals surface area contributed by atoms with Crippen LogP contribution in [0.5, 0.6) is 0 Å². The standard InChI is InChI=1S/C38H56OS6/c1-5-9-13-17-21-38(22-18-14-10-6-2)31-25-29(42-34(31)35-32(38)26-30(28-39)43-35)27-33-44-36(40-23-19-15-11-7-3)37(45-33)41-24-20-16-12-8-4/h25-28H,5-24H2,1-4H3. The molecule has 0 atom stereocenters. The van der Waals surface area contributed by atoms with Crippen LogP contribution in [0.25, 0.3) is 15.8 Å². The molecular formula is C38H56OS6. The van der Waals surface area contributed by atoms with Gasteiger partial charge in [-0.3, -0.25) is 4.79 Å². The first-order valence-electron chi connectivity index (χ1n) is 17.9. The summed E-state index contributed by atoms with van der Waals surface area (Å²) in [6.07, 6.45) is 27.0. The molecule has 2 aliphatic rings. The highest BCUT2D eigenvalue weighted by Crippen LogP contribution is 2.61. The van der Waals surface area contributed by atoms with E-state index < -0.39 is 0 Å². The molecule has 0 fully saturated rings. The monoisotopic (exact) mass is 720 g/mol. The summed E-state index contributed by atoms with van der Waals surface area (Å²) in [6.45, 7) is 9.21. The maximum absolute atomic E-state index is 12.0. The molecule has 0 bridgehead atoms. The smallest absolute Gasteiger partial charge is 0.160 e. The Bertz CT molecular complexity index is 1210. The SMILES string of the molecule is CCCCCCSC1=C(SCCCCCC)SC(=Cc2cc3c(s2)-c2sc(C=O)cc2C3(CCCCCC)CCCCCC)S1. The molecule has 3 heterocycles. The minimum atomic E-state index is 0.0738. The molecule has 1 aliphatic heterocycles. The number of carbonyl (C=O) groups is 1. The molecule has 0 saturated carbocycles. The van der Waals surface area contributed by atoms with E-state index in [1.807, 2.05) is 34.9 Å². The van der Waals surface area contributed by atoms with Crippen LogP contribution < -0.4 is 0 Å². The van der Waals surface area contributed by atoms with E-state index in [4.69, 9.17) is 0 Å². The normalized spacial score (nSPS) is 15.2. The van der Waals surface area contributed by atoms with Gasteiger partial charge in [-0.05, 0) is 66.5 Å². The van der Waals surface area contributed by atoms with Crippen LogP contribution in [0.2, 0.25) is 0 Å². The van der Waals surface area contributed by atoms with Crippen LogP contribution in [0.15, 0.2) is 24.8 Å². The summed E-state index contributed by atoms with van der Waals surface area (Å²) in [5.41, 5.74) is 3.12. The molecule has 7 heteroatoms. The van der Waals surface area contributed by atoms with Crippen LogP contribution in [0.3, 0.4) is 0 Å². The molecule has 2 aromatic heterocycles. The third kappa shape index (κ3) is 10.5. The van der Waals surface area contributed by atoms with Crippen molar-refractivity contribution >= 4 is 82.1 Å². The van der Waals surface area contributed by atoms with Gasteiger partial charge < -0.3 is 0 Å². The van der Waals surface area contributed by atoms with Gasteiger partial charge in [-0.1, -0.05) is 141 Å². The first kappa shape index (κ1) is 37.8. The first-order chi connectivity index (χ1) is 22.1. The van der Waals surface area contributed by atoms with E-state index in [-0.39, 0.29) is 5.41 Å². The highest BCUT2D eigenvalue weighted by atomic mass is 32.3. The van der Waals surface area contributed by atoms with Crippen LogP contribution in [0.4, 0.5) is 0 Å². The van der Waals surface area contributed by atoms with Crippen molar-refractivity contribution < 1.29 is 4.79 Å². The first-order valence-corrected chi connectivity index (χ1v) is 23.1. The summed E-state index contributed by atoms with van der Waals surface area (Å²) in [5.74, 6) is 2.48. The van der Waals surface area contributed by atoms with Crippen molar-refractivity contribution in [2.45, 2.75) is 149 Å². The number of hydrogen-bond acceptors (Lipinski definition) is 7. The molecule has 0 N–H and O–H groups in total. The summed E-state index contributed by atoms with van der Waals surface area (Å²) in [5, 5.41) is 0. The molecule has 45 heavy (non-hydrogen) atoms. The van der Waals surface area contributed by atoms with Crippen molar-refractivity contribution in [2.24, 2.45) is 0 Å². The maximum atomic E-state index is 12.0. The number of thioether (sulfide) groups is 4. The Balaban J connectivity index is 1.57. The summed E-state index contributed by atoms with van der Waals surface area (Å²) >= 11 is 12.0. The third-order valence-electron chi connectivity index (χ3n) is 9.05. The van der Waals surface area contributed by atoms with Crippen LogP contribution in [-0.4, -0.2) is 17.8 Å². The molecule has 0 spiro atoms. The molecule has 0 amide bonds. The van der Waals surface area contributed by atoms with Gasteiger partial charge in [0.05, 0.1) is 17.6 Å². The van der Waals surface area contributed by atoms with Gasteiger partial charge in [0.15, 0.2) is 6.29 Å². The van der Waals surface area contributed by atoms with Crippen molar-refractivity contribution in [2.75, 3.05) is 11.5 Å². The highest BCUT2D eigenvalue weighted by Gasteiger charge is 2.45. The lowest BCUT2D eigenvalue weighted by Crippen LogP contribution is -2.25. The fraction of sp³-hybridized carbons (Fsp3) is 0.658. The quantitative estimate of drug-likeness (QED) is 0.0791. The van der Waals surface area contributed by atoms with E-state index in [0.29, 0.717) is 0 Å². The molecule has 250 valence electrons. The number of rotatable bonds is 24. The van der Waals surface area contributed by atoms with E-state index >= 15 is 0 Å². The lowest BCUT2D eigenvalue weighted by atomic mass is 9.71. The largest absolute Gasteiger partial charge is 0.297 e. The second-order valence-corrected chi connectivity index (χ2v) is 19.9. The van der Waals surface area contributed by atoms with Crippen molar-refractivity contribution in [1.29, 1.82) is 0 Å². The molecule has 0 radical (unpaired) electrons. The maximum Gasteiger partial charge on any atom is 0.160 e. The molecule has 4 rings (SSSR count). The third-order valence-corrected chi connectivity index (χ3v) is 16.9. The lowest BCUT2D eigenvalue weighted by Gasteiger charge is -2.31. The van der Waals surface area contributed by atoms with Crippen LogP contribution in [0, 0.1) is 0 Å². The van der Waals surface area contributed by atoms with Gasteiger partial charge in [-0.25, -0.2) is 0 Å². The Morgan fingerprint density at radius 2 is 1.04 bits per heavy atom. The number of hydrogen-bond donors (Lipinski definition) is 0. The van der Waals surface area contributed by atoms with E-state index in [1.165, 1.54) is 152 Å². The Morgan fingerprint density at radius 3 is 1.51 bits per heavy atom. The molecule has 0 saturated heterocycles. The van der Waals surface area contributed by atoms with Gasteiger partial charge >= 0.3 is 0 Å². The fourth-order valence-corrected chi connectivity index (χ4v) is 15.0. The summed E-state index contributed by atoms with van der Waals surface area (Å²) in [6, 6.07) is 4.83. The van der Waals surface area contributed by atoms with Crippen LogP contribution in [-0.2, 0) is 5.41 Å². The summed E-state index contributed by atoms with van der Waals surface area (Å²) < 4.78 is 4.54. The van der Waals surface area contributed by atoms with Gasteiger partial charge in [0.1, 0.15) is 0 Å². The summed E-state index contributed by atoms with van der Waals surface area (Å²) in [7, 11) is 0. The number of unbranched alkanes of at least 4 members (excludes halogenated alkanes) is 12. The summed E-state index contributed by atoms with van der Waals surface area (Å²) in [4.78, 5) is 17.1. The zero-order valence-electron chi connectivity index (χ0n) is 28.3. The molecule has 1 aliphatic carbocycles. The van der Waals surface area contributed by atoms with Gasteiger partial charge in [0.25, 0.3) is 0 Å². The Hall–Kier alpha value is -0.0500. The molecule has 0 unspecified atom stereocenters. The van der Waals surface area contributed by atoms with Gasteiger partial charge in [-0.2, -0.15) is 0 Å². The highest BCUT2D eigenvalue weighted by molar-refractivity contribution is 8.40. The van der Waals surface area contributed by atoms with E-state index in [9.17, 15) is 4.79 Å². The lowest BCUT2D eigenvalue weighted by molar-refractivity contribution is 0.112. The minimum Gasteiger partial charge on any atom is -0.297 e. The molecule has 1 nitrogen and oxygen atoms in total. The van der Waals surface area contributed by atoms with Gasteiger partial charge in [-0.15, -0.1) is 46.2 Å². The molecule has 2 aromatic rings. The Kier molecular flexibility index (Phi) is 17.2. The number of carbonyl (C=O) groups excluding carboxylic acids is 1. The van der Waals surface area contributed by atoms with Crippen molar-refractivity contribution in [1.82, 2.24) is 0 Å². The topological polar surface area (TPSA) is 17.1 Å². The second kappa shape index (κ2) is 20.5. The van der Waals surface area contributed by atoms with Crippen molar-refractivity contribution in [3.63, 3.8) is 0 Å². The number of fused-ring (bicyclic) bond motifs is 3. The zero-order valence-corrected chi connectivity index (χ0v) is 33.2. The van der Waals surface area contributed by atoms with Crippen LogP contribution in [0.1, 0.15) is 169 Å². The van der Waals surface area contributed by atoms with Crippen LogP contribution >= 0.6 is 69.7 Å². The zero-order chi connectivity index (χ0) is 31.9. The van der Waals surface area contributed by atoms with Gasteiger partial charge in [0.2, 0.25) is 0 Å².